The second-order valence-electron chi connectivity index (χ2n) is 5.76. The van der Waals surface area contributed by atoms with Gasteiger partial charge in [-0.05, 0) is 48.8 Å². The van der Waals surface area contributed by atoms with Gasteiger partial charge in [-0.2, -0.15) is 5.10 Å². The highest BCUT2D eigenvalue weighted by atomic mass is 16.2. The maximum absolute atomic E-state index is 12.1. The van der Waals surface area contributed by atoms with Crippen LogP contribution in [-0.4, -0.2) is 11.6 Å². The van der Waals surface area contributed by atoms with Crippen molar-refractivity contribution in [2.45, 2.75) is 46.5 Å². The number of rotatable bonds is 3. The van der Waals surface area contributed by atoms with Crippen molar-refractivity contribution in [3.8, 4) is 0 Å². The molecule has 108 valence electrons. The van der Waals surface area contributed by atoms with E-state index in [9.17, 15) is 4.79 Å². The van der Waals surface area contributed by atoms with Crippen LogP contribution in [0.5, 0.6) is 0 Å². The summed E-state index contributed by atoms with van der Waals surface area (Å²) in [5.41, 5.74) is 5.76. The van der Waals surface area contributed by atoms with E-state index in [1.807, 2.05) is 24.3 Å². The van der Waals surface area contributed by atoms with Crippen molar-refractivity contribution in [1.29, 1.82) is 0 Å². The molecule has 0 aliphatic heterocycles. The SMILES string of the molecule is CCc1ccc(C(=O)NN=C2[C@H](C)CCC[C@@H]2C)cc1. The number of nitrogens with zero attached hydrogens (tertiary/aromatic N) is 1. The monoisotopic (exact) mass is 272 g/mol. The third-order valence-electron chi connectivity index (χ3n) is 4.20. The first-order valence-corrected chi connectivity index (χ1v) is 7.58. The number of amides is 1. The lowest BCUT2D eigenvalue weighted by Crippen LogP contribution is -2.29. The lowest BCUT2D eigenvalue weighted by Gasteiger charge is -2.26. The van der Waals surface area contributed by atoms with Crippen LogP contribution < -0.4 is 5.43 Å². The van der Waals surface area contributed by atoms with Crippen LogP contribution in [0.1, 0.15) is 56.0 Å². The van der Waals surface area contributed by atoms with Crippen molar-refractivity contribution in [3.63, 3.8) is 0 Å². The Labute approximate surface area is 121 Å². The predicted octanol–water partition coefficient (Wildman–Crippen LogP) is 3.79. The van der Waals surface area contributed by atoms with Crippen molar-refractivity contribution >= 4 is 11.6 Å². The molecule has 0 unspecified atom stereocenters. The minimum Gasteiger partial charge on any atom is -0.267 e. The van der Waals surface area contributed by atoms with Crippen molar-refractivity contribution in [2.75, 3.05) is 0 Å². The van der Waals surface area contributed by atoms with E-state index < -0.39 is 0 Å². The number of nitrogens with one attached hydrogen (secondary N) is 1. The minimum atomic E-state index is -0.120. The number of hydrazone groups is 1. The lowest BCUT2D eigenvalue weighted by atomic mass is 9.81. The summed E-state index contributed by atoms with van der Waals surface area (Å²) < 4.78 is 0. The Morgan fingerprint density at radius 2 is 1.80 bits per heavy atom. The van der Waals surface area contributed by atoms with E-state index in [1.165, 1.54) is 24.8 Å². The molecule has 3 nitrogen and oxygen atoms in total. The Kier molecular flexibility index (Phi) is 4.94. The lowest BCUT2D eigenvalue weighted by molar-refractivity contribution is 0.0954. The Bertz CT molecular complexity index is 478. The Balaban J connectivity index is 2.03. The molecule has 1 amide bonds. The maximum Gasteiger partial charge on any atom is 0.271 e. The van der Waals surface area contributed by atoms with Crippen LogP contribution in [0.25, 0.3) is 0 Å². The fourth-order valence-electron chi connectivity index (χ4n) is 2.80. The van der Waals surface area contributed by atoms with E-state index in [1.54, 1.807) is 0 Å². The van der Waals surface area contributed by atoms with Crippen LogP contribution in [0.15, 0.2) is 29.4 Å². The second kappa shape index (κ2) is 6.69. The number of hydrogen-bond donors (Lipinski definition) is 1. The van der Waals surface area contributed by atoms with Gasteiger partial charge in [-0.25, -0.2) is 5.43 Å². The van der Waals surface area contributed by atoms with Gasteiger partial charge in [-0.15, -0.1) is 0 Å². The average Bonchev–Trinajstić information content (AvgIpc) is 2.46. The first-order chi connectivity index (χ1) is 9.61. The number of carbonyl (C=O) groups excluding carboxylic acids is 1. The third kappa shape index (κ3) is 3.47. The molecule has 3 heteroatoms. The normalized spacial score (nSPS) is 24.6. The smallest absolute Gasteiger partial charge is 0.267 e. The van der Waals surface area contributed by atoms with E-state index >= 15 is 0 Å². The van der Waals surface area contributed by atoms with E-state index in [2.05, 4.69) is 31.3 Å². The highest BCUT2D eigenvalue weighted by Gasteiger charge is 2.23. The molecule has 1 aliphatic carbocycles. The molecule has 0 spiro atoms. The van der Waals surface area contributed by atoms with Gasteiger partial charge in [-0.1, -0.05) is 39.3 Å². The summed E-state index contributed by atoms with van der Waals surface area (Å²) in [6.45, 7) is 6.49. The molecule has 0 aromatic heterocycles. The van der Waals surface area contributed by atoms with E-state index in [-0.39, 0.29) is 5.91 Å². The van der Waals surface area contributed by atoms with Crippen LogP contribution in [0.3, 0.4) is 0 Å². The van der Waals surface area contributed by atoms with Crippen molar-refractivity contribution in [2.24, 2.45) is 16.9 Å². The molecule has 1 fully saturated rings. The topological polar surface area (TPSA) is 41.5 Å². The van der Waals surface area contributed by atoms with Crippen LogP contribution >= 0.6 is 0 Å². The largest absolute Gasteiger partial charge is 0.271 e. The molecule has 1 saturated carbocycles. The molecule has 1 aromatic carbocycles. The Morgan fingerprint density at radius 3 is 2.35 bits per heavy atom. The van der Waals surface area contributed by atoms with Crippen LogP contribution in [0, 0.1) is 11.8 Å². The zero-order chi connectivity index (χ0) is 14.5. The number of carbonyl (C=O) groups is 1. The second-order valence-corrected chi connectivity index (χ2v) is 5.76. The molecule has 1 aromatic rings. The van der Waals surface area contributed by atoms with Gasteiger partial charge in [0.1, 0.15) is 0 Å². The number of aryl methyl sites for hydroxylation is 1. The van der Waals surface area contributed by atoms with Gasteiger partial charge in [0.15, 0.2) is 0 Å². The Morgan fingerprint density at radius 1 is 1.20 bits per heavy atom. The summed E-state index contributed by atoms with van der Waals surface area (Å²) in [7, 11) is 0. The molecule has 0 saturated heterocycles. The highest BCUT2D eigenvalue weighted by molar-refractivity contribution is 5.96. The van der Waals surface area contributed by atoms with Gasteiger partial charge in [0.25, 0.3) is 5.91 Å². The third-order valence-corrected chi connectivity index (χ3v) is 4.20. The molecule has 0 radical (unpaired) electrons. The van der Waals surface area contributed by atoms with Gasteiger partial charge in [0, 0.05) is 11.3 Å². The first kappa shape index (κ1) is 14.8. The van der Waals surface area contributed by atoms with E-state index in [0.717, 1.165) is 12.1 Å². The summed E-state index contributed by atoms with van der Waals surface area (Å²) in [5.74, 6) is 0.827. The van der Waals surface area contributed by atoms with Crippen molar-refractivity contribution < 1.29 is 4.79 Å². The van der Waals surface area contributed by atoms with Gasteiger partial charge >= 0.3 is 0 Å². The minimum absolute atomic E-state index is 0.120. The summed E-state index contributed by atoms with van der Waals surface area (Å²) in [6, 6.07) is 7.71. The van der Waals surface area contributed by atoms with Gasteiger partial charge in [0.05, 0.1) is 0 Å². The van der Waals surface area contributed by atoms with E-state index in [0.29, 0.717) is 17.4 Å². The van der Waals surface area contributed by atoms with Crippen LogP contribution in [-0.2, 0) is 6.42 Å². The van der Waals surface area contributed by atoms with Crippen molar-refractivity contribution in [3.05, 3.63) is 35.4 Å². The quantitative estimate of drug-likeness (QED) is 0.836. The fourth-order valence-corrected chi connectivity index (χ4v) is 2.80. The fraction of sp³-hybridized carbons (Fsp3) is 0.529. The van der Waals surface area contributed by atoms with Gasteiger partial charge in [0.2, 0.25) is 0 Å². The first-order valence-electron chi connectivity index (χ1n) is 7.58. The summed E-state index contributed by atoms with van der Waals surface area (Å²) in [4.78, 5) is 12.1. The van der Waals surface area contributed by atoms with Crippen molar-refractivity contribution in [1.82, 2.24) is 5.43 Å². The highest BCUT2D eigenvalue weighted by Crippen LogP contribution is 2.25. The zero-order valence-corrected chi connectivity index (χ0v) is 12.6. The zero-order valence-electron chi connectivity index (χ0n) is 12.6. The predicted molar refractivity (Wildman–Crippen MR) is 82.9 cm³/mol. The van der Waals surface area contributed by atoms with Crippen LogP contribution in [0.2, 0.25) is 0 Å². The average molecular weight is 272 g/mol. The molecule has 20 heavy (non-hydrogen) atoms. The maximum atomic E-state index is 12.1. The van der Waals surface area contributed by atoms with E-state index in [4.69, 9.17) is 0 Å². The number of hydrogen-bond acceptors (Lipinski definition) is 2. The molecular formula is C17H24N2O. The molecule has 0 bridgehead atoms. The molecule has 1 aliphatic rings. The molecule has 2 rings (SSSR count). The Hall–Kier alpha value is -1.64. The molecule has 0 heterocycles. The molecule has 2 atom stereocenters. The molecular weight excluding hydrogens is 248 g/mol. The summed E-state index contributed by atoms with van der Waals surface area (Å²) in [5, 5.41) is 4.38. The van der Waals surface area contributed by atoms with Crippen LogP contribution in [0.4, 0.5) is 0 Å². The van der Waals surface area contributed by atoms with Gasteiger partial charge in [-0.3, -0.25) is 4.79 Å². The standard InChI is InChI=1S/C17H24N2O/c1-4-14-8-10-15(11-9-14)17(20)19-18-16-12(2)6-5-7-13(16)3/h8-13H,4-7H2,1-3H3,(H,19,20)/t12-,13+. The molecule has 1 N–H and O–H groups in total. The van der Waals surface area contributed by atoms with Gasteiger partial charge < -0.3 is 0 Å². The summed E-state index contributed by atoms with van der Waals surface area (Å²) >= 11 is 0. The number of benzene rings is 1. The summed E-state index contributed by atoms with van der Waals surface area (Å²) in [6.07, 6.45) is 4.58.